The number of nitrogens with two attached hydrogens (primary N) is 1. The summed E-state index contributed by atoms with van der Waals surface area (Å²) in [5.74, 6) is -0.390. The van der Waals surface area contributed by atoms with Gasteiger partial charge in [-0.05, 0) is 30.5 Å². The lowest BCUT2D eigenvalue weighted by molar-refractivity contribution is -0.142. The van der Waals surface area contributed by atoms with Gasteiger partial charge >= 0.3 is 5.97 Å². The Morgan fingerprint density at radius 1 is 1.56 bits per heavy atom. The summed E-state index contributed by atoms with van der Waals surface area (Å²) >= 11 is 0. The zero-order chi connectivity index (χ0) is 13.3. The summed E-state index contributed by atoms with van der Waals surface area (Å²) in [7, 11) is 3.26. The summed E-state index contributed by atoms with van der Waals surface area (Å²) in [5.41, 5.74) is 9.01. The molecule has 96 valence electrons. The van der Waals surface area contributed by atoms with Crippen LogP contribution in [-0.4, -0.2) is 28.9 Å². The first-order valence-electron chi connectivity index (χ1n) is 5.77. The highest BCUT2D eigenvalue weighted by Gasteiger charge is 2.15. The number of aryl methyl sites for hydroxylation is 2. The number of ether oxygens (including phenoxy) is 1. The SMILES string of the molecule is COC(=O)C(N)Cc1cc(C)c2c(cnn2C)c1. The van der Waals surface area contributed by atoms with Crippen LogP contribution < -0.4 is 5.73 Å². The molecule has 2 aromatic rings. The molecule has 0 saturated heterocycles. The van der Waals surface area contributed by atoms with Gasteiger partial charge in [0.2, 0.25) is 0 Å². The summed E-state index contributed by atoms with van der Waals surface area (Å²) in [6, 6.07) is 3.42. The minimum absolute atomic E-state index is 0.390. The molecule has 0 bridgehead atoms. The van der Waals surface area contributed by atoms with Crippen molar-refractivity contribution in [1.82, 2.24) is 9.78 Å². The standard InChI is InChI=1S/C13H17N3O2/c1-8-4-9(6-11(14)13(17)18-3)5-10-7-15-16(2)12(8)10/h4-5,7,11H,6,14H2,1-3H3. The maximum atomic E-state index is 11.3. The maximum Gasteiger partial charge on any atom is 0.322 e. The third kappa shape index (κ3) is 2.22. The summed E-state index contributed by atoms with van der Waals surface area (Å²) in [6.45, 7) is 2.02. The van der Waals surface area contributed by atoms with Crippen LogP contribution in [0.5, 0.6) is 0 Å². The minimum atomic E-state index is -0.622. The van der Waals surface area contributed by atoms with Gasteiger partial charge in [0, 0.05) is 12.4 Å². The summed E-state index contributed by atoms with van der Waals surface area (Å²) in [6.07, 6.45) is 2.29. The van der Waals surface area contributed by atoms with Gasteiger partial charge in [-0.1, -0.05) is 6.07 Å². The number of nitrogens with zero attached hydrogens (tertiary/aromatic N) is 2. The molecular weight excluding hydrogens is 230 g/mol. The first kappa shape index (κ1) is 12.6. The van der Waals surface area contributed by atoms with Gasteiger partial charge in [-0.15, -0.1) is 0 Å². The molecule has 0 aliphatic carbocycles. The number of hydrogen-bond donors (Lipinski definition) is 1. The minimum Gasteiger partial charge on any atom is -0.468 e. The van der Waals surface area contributed by atoms with Gasteiger partial charge in [0.05, 0.1) is 18.8 Å². The van der Waals surface area contributed by atoms with Crippen molar-refractivity contribution in [1.29, 1.82) is 0 Å². The summed E-state index contributed by atoms with van der Waals surface area (Å²) in [4.78, 5) is 11.3. The van der Waals surface area contributed by atoms with Crippen LogP contribution >= 0.6 is 0 Å². The molecule has 0 saturated carbocycles. The fourth-order valence-electron chi connectivity index (χ4n) is 2.24. The van der Waals surface area contributed by atoms with E-state index in [-0.39, 0.29) is 5.97 Å². The molecule has 1 heterocycles. The lowest BCUT2D eigenvalue weighted by Crippen LogP contribution is -2.33. The van der Waals surface area contributed by atoms with Crippen molar-refractivity contribution < 1.29 is 9.53 Å². The van der Waals surface area contributed by atoms with E-state index >= 15 is 0 Å². The van der Waals surface area contributed by atoms with Crippen molar-refractivity contribution >= 4 is 16.9 Å². The predicted octanol–water partition coefficient (Wildman–Crippen LogP) is 0.925. The van der Waals surface area contributed by atoms with Crippen LogP contribution in [0.1, 0.15) is 11.1 Å². The Morgan fingerprint density at radius 2 is 2.28 bits per heavy atom. The summed E-state index contributed by atoms with van der Waals surface area (Å²) in [5, 5.41) is 5.28. The highest BCUT2D eigenvalue weighted by atomic mass is 16.5. The quantitative estimate of drug-likeness (QED) is 0.819. The molecule has 1 aromatic heterocycles. The highest BCUT2D eigenvalue weighted by Crippen LogP contribution is 2.20. The Morgan fingerprint density at radius 3 is 2.94 bits per heavy atom. The van der Waals surface area contributed by atoms with Crippen molar-refractivity contribution in [2.24, 2.45) is 12.8 Å². The molecule has 0 aliphatic rings. The molecule has 1 atom stereocenters. The number of carbonyl (C=O) groups is 1. The van der Waals surface area contributed by atoms with Gasteiger partial charge in [-0.25, -0.2) is 0 Å². The number of rotatable bonds is 3. The Balaban J connectivity index is 2.33. The molecular formula is C13H17N3O2. The third-order valence-corrected chi connectivity index (χ3v) is 3.04. The number of fused-ring (bicyclic) bond motifs is 1. The first-order chi connectivity index (χ1) is 8.52. The van der Waals surface area contributed by atoms with Gasteiger partial charge in [0.15, 0.2) is 0 Å². The number of methoxy groups -OCH3 is 1. The second-order valence-electron chi connectivity index (χ2n) is 4.45. The lowest BCUT2D eigenvalue weighted by atomic mass is 10.0. The fourth-order valence-corrected chi connectivity index (χ4v) is 2.24. The van der Waals surface area contributed by atoms with Crippen LogP contribution in [0.2, 0.25) is 0 Å². The van der Waals surface area contributed by atoms with E-state index < -0.39 is 6.04 Å². The average molecular weight is 247 g/mol. The number of esters is 1. The van der Waals surface area contributed by atoms with Crippen LogP contribution in [-0.2, 0) is 23.0 Å². The normalized spacial score (nSPS) is 12.7. The molecule has 0 amide bonds. The molecule has 5 heteroatoms. The first-order valence-corrected chi connectivity index (χ1v) is 5.77. The summed E-state index contributed by atoms with van der Waals surface area (Å²) < 4.78 is 6.47. The van der Waals surface area contributed by atoms with Crippen LogP contribution in [0, 0.1) is 6.92 Å². The van der Waals surface area contributed by atoms with Crippen LogP contribution in [0.4, 0.5) is 0 Å². The van der Waals surface area contributed by atoms with Gasteiger partial charge in [-0.3, -0.25) is 9.48 Å². The van der Waals surface area contributed by atoms with Crippen molar-refractivity contribution in [3.8, 4) is 0 Å². The second kappa shape index (κ2) is 4.78. The molecule has 0 fully saturated rings. The van der Waals surface area contributed by atoms with Gasteiger partial charge in [0.25, 0.3) is 0 Å². The molecule has 0 spiro atoms. The molecule has 5 nitrogen and oxygen atoms in total. The topological polar surface area (TPSA) is 70.1 Å². The predicted molar refractivity (Wildman–Crippen MR) is 69.1 cm³/mol. The molecule has 1 unspecified atom stereocenters. The van der Waals surface area contributed by atoms with E-state index in [1.807, 2.05) is 37.0 Å². The molecule has 2 N–H and O–H groups in total. The largest absolute Gasteiger partial charge is 0.468 e. The van der Waals surface area contributed by atoms with E-state index in [9.17, 15) is 4.79 Å². The van der Waals surface area contributed by atoms with Gasteiger partial charge in [-0.2, -0.15) is 5.10 Å². The molecule has 0 radical (unpaired) electrons. The second-order valence-corrected chi connectivity index (χ2v) is 4.45. The average Bonchev–Trinajstić information content (AvgIpc) is 2.70. The molecule has 2 rings (SSSR count). The molecule has 1 aromatic carbocycles. The zero-order valence-electron chi connectivity index (χ0n) is 10.8. The van der Waals surface area contributed by atoms with E-state index in [1.54, 1.807) is 0 Å². The van der Waals surface area contributed by atoms with E-state index in [0.717, 1.165) is 22.0 Å². The van der Waals surface area contributed by atoms with Crippen LogP contribution in [0.15, 0.2) is 18.3 Å². The fraction of sp³-hybridized carbons (Fsp3) is 0.385. The van der Waals surface area contributed by atoms with Crippen LogP contribution in [0.3, 0.4) is 0 Å². The van der Waals surface area contributed by atoms with E-state index in [4.69, 9.17) is 5.73 Å². The lowest BCUT2D eigenvalue weighted by Gasteiger charge is -2.10. The Labute approximate surface area is 106 Å². The van der Waals surface area contributed by atoms with Gasteiger partial charge in [0.1, 0.15) is 6.04 Å². The van der Waals surface area contributed by atoms with Crippen molar-refractivity contribution in [3.63, 3.8) is 0 Å². The Kier molecular flexibility index (Phi) is 3.34. The Hall–Kier alpha value is -1.88. The van der Waals surface area contributed by atoms with Gasteiger partial charge < -0.3 is 10.5 Å². The monoisotopic (exact) mass is 247 g/mol. The molecule has 0 aliphatic heterocycles. The third-order valence-electron chi connectivity index (χ3n) is 3.04. The smallest absolute Gasteiger partial charge is 0.322 e. The van der Waals surface area contributed by atoms with E-state index in [1.165, 1.54) is 7.11 Å². The van der Waals surface area contributed by atoms with Crippen LogP contribution in [0.25, 0.3) is 10.9 Å². The maximum absolute atomic E-state index is 11.3. The zero-order valence-corrected chi connectivity index (χ0v) is 10.8. The Bertz CT molecular complexity index is 589. The number of hydrogen-bond acceptors (Lipinski definition) is 4. The number of benzene rings is 1. The van der Waals surface area contributed by atoms with E-state index in [2.05, 4.69) is 9.84 Å². The number of carbonyl (C=O) groups excluding carboxylic acids is 1. The highest BCUT2D eigenvalue weighted by molar-refractivity contribution is 5.83. The van der Waals surface area contributed by atoms with E-state index in [0.29, 0.717) is 6.42 Å². The molecule has 18 heavy (non-hydrogen) atoms. The number of aromatic nitrogens is 2. The van der Waals surface area contributed by atoms with Crippen molar-refractivity contribution in [2.75, 3.05) is 7.11 Å². The van der Waals surface area contributed by atoms with Crippen molar-refractivity contribution in [2.45, 2.75) is 19.4 Å². The van der Waals surface area contributed by atoms with Crippen molar-refractivity contribution in [3.05, 3.63) is 29.5 Å².